The van der Waals surface area contributed by atoms with Gasteiger partial charge in [0.25, 0.3) is 0 Å². The maximum Gasteiger partial charge on any atom is 0.416 e. The number of nitrogens with one attached hydrogen (secondary N) is 1. The molecule has 0 aliphatic heterocycles. The van der Waals surface area contributed by atoms with Crippen molar-refractivity contribution in [1.29, 1.82) is 0 Å². The van der Waals surface area contributed by atoms with Crippen LogP contribution in [0.25, 0.3) is 0 Å². The maximum absolute atomic E-state index is 13.1. The van der Waals surface area contributed by atoms with Crippen LogP contribution in [0.4, 0.5) is 13.2 Å². The first kappa shape index (κ1) is 17.3. The summed E-state index contributed by atoms with van der Waals surface area (Å²) in [7, 11) is 0. The van der Waals surface area contributed by atoms with E-state index in [0.29, 0.717) is 0 Å². The van der Waals surface area contributed by atoms with Gasteiger partial charge in [0.1, 0.15) is 11.4 Å². The van der Waals surface area contributed by atoms with Crippen molar-refractivity contribution in [3.05, 3.63) is 29.3 Å². The van der Waals surface area contributed by atoms with E-state index < -0.39 is 23.2 Å². The molecule has 0 unspecified atom stereocenters. The molecule has 0 aliphatic carbocycles. The van der Waals surface area contributed by atoms with Crippen molar-refractivity contribution in [2.24, 2.45) is 5.73 Å². The van der Waals surface area contributed by atoms with E-state index in [0.717, 1.165) is 6.07 Å². The van der Waals surface area contributed by atoms with Gasteiger partial charge in [0.2, 0.25) is 5.91 Å². The average molecular weight is 304 g/mol. The summed E-state index contributed by atoms with van der Waals surface area (Å²) in [5, 5.41) is 2.32. The van der Waals surface area contributed by atoms with E-state index in [1.807, 2.05) is 0 Å². The van der Waals surface area contributed by atoms with E-state index in [1.54, 1.807) is 20.8 Å². The van der Waals surface area contributed by atoms with Crippen LogP contribution in [0.1, 0.15) is 31.9 Å². The van der Waals surface area contributed by atoms with Crippen molar-refractivity contribution in [1.82, 2.24) is 5.32 Å². The predicted molar refractivity (Wildman–Crippen MR) is 72.7 cm³/mol. The van der Waals surface area contributed by atoms with Crippen LogP contribution in [0.5, 0.6) is 5.75 Å². The molecule has 0 heterocycles. The summed E-state index contributed by atoms with van der Waals surface area (Å²) in [5.41, 5.74) is 3.63. The number of hydrogen-bond donors (Lipinski definition) is 2. The van der Waals surface area contributed by atoms with Gasteiger partial charge in [-0.1, -0.05) is 6.07 Å². The molecular weight excluding hydrogens is 285 g/mol. The van der Waals surface area contributed by atoms with Gasteiger partial charge in [0, 0.05) is 6.54 Å². The zero-order chi connectivity index (χ0) is 16.3. The number of hydrogen-bond acceptors (Lipinski definition) is 3. The lowest BCUT2D eigenvalue weighted by molar-refractivity contribution is -0.138. The number of amides is 1. The van der Waals surface area contributed by atoms with E-state index in [2.05, 4.69) is 5.32 Å². The Labute approximate surface area is 121 Å². The quantitative estimate of drug-likeness (QED) is 0.898. The molecule has 0 saturated carbocycles. The minimum absolute atomic E-state index is 0.0365. The van der Waals surface area contributed by atoms with Gasteiger partial charge in [-0.3, -0.25) is 4.79 Å². The molecule has 0 aliphatic rings. The number of carbonyl (C=O) groups is 1. The molecule has 1 rings (SSSR count). The summed E-state index contributed by atoms with van der Waals surface area (Å²) >= 11 is 0. The fourth-order valence-electron chi connectivity index (χ4n) is 1.66. The maximum atomic E-state index is 13.1. The van der Waals surface area contributed by atoms with Gasteiger partial charge in [-0.2, -0.15) is 13.2 Å². The van der Waals surface area contributed by atoms with Crippen LogP contribution in [0, 0.1) is 0 Å². The highest BCUT2D eigenvalue weighted by Crippen LogP contribution is 2.35. The second-order valence-corrected chi connectivity index (χ2v) is 5.51. The van der Waals surface area contributed by atoms with Gasteiger partial charge in [0.05, 0.1) is 12.1 Å². The largest absolute Gasteiger partial charge is 0.488 e. The summed E-state index contributed by atoms with van der Waals surface area (Å²) in [6.07, 6.45) is -4.53. The van der Waals surface area contributed by atoms with E-state index >= 15 is 0 Å². The third-order valence-corrected chi connectivity index (χ3v) is 2.47. The smallest absolute Gasteiger partial charge is 0.416 e. The highest BCUT2D eigenvalue weighted by Gasteiger charge is 2.34. The molecule has 0 aromatic heterocycles. The molecule has 0 atom stereocenters. The van der Waals surface area contributed by atoms with Gasteiger partial charge in [-0.05, 0) is 38.5 Å². The fraction of sp³-hybridized carbons (Fsp3) is 0.500. The topological polar surface area (TPSA) is 64.3 Å². The molecule has 0 saturated heterocycles. The molecule has 1 aromatic rings. The third kappa shape index (κ3) is 5.63. The zero-order valence-electron chi connectivity index (χ0n) is 12.2. The lowest BCUT2D eigenvalue weighted by Gasteiger charge is -2.23. The number of halogens is 3. The number of nitrogens with two attached hydrogens (primary N) is 1. The Kier molecular flexibility index (Phi) is 5.22. The van der Waals surface area contributed by atoms with Gasteiger partial charge in [-0.25, -0.2) is 0 Å². The number of rotatable bonds is 4. The Morgan fingerprint density at radius 3 is 2.38 bits per heavy atom. The molecule has 21 heavy (non-hydrogen) atoms. The minimum atomic E-state index is -4.53. The lowest BCUT2D eigenvalue weighted by atomic mass is 10.1. The van der Waals surface area contributed by atoms with Crippen LogP contribution in [-0.4, -0.2) is 18.1 Å². The summed E-state index contributed by atoms with van der Waals surface area (Å²) < 4.78 is 44.7. The number of alkyl halides is 3. The second-order valence-electron chi connectivity index (χ2n) is 5.51. The van der Waals surface area contributed by atoms with E-state index in [1.165, 1.54) is 12.1 Å². The van der Waals surface area contributed by atoms with Crippen molar-refractivity contribution in [2.75, 3.05) is 6.54 Å². The molecule has 0 radical (unpaired) electrons. The SMILES string of the molecule is CC(C)(C)Oc1ccc(CNC(=O)CN)c(C(F)(F)F)c1. The highest BCUT2D eigenvalue weighted by atomic mass is 19.4. The number of carbonyl (C=O) groups excluding carboxylic acids is 1. The normalized spacial score (nSPS) is 12.1. The van der Waals surface area contributed by atoms with Crippen molar-refractivity contribution >= 4 is 5.91 Å². The first-order valence-corrected chi connectivity index (χ1v) is 6.39. The standard InChI is InChI=1S/C14H19F3N2O2/c1-13(2,3)21-10-5-4-9(8-19-12(20)7-18)11(6-10)14(15,16)17/h4-6H,7-8,18H2,1-3H3,(H,19,20). The van der Waals surface area contributed by atoms with Crippen LogP contribution in [0.2, 0.25) is 0 Å². The molecular formula is C14H19F3N2O2. The van der Waals surface area contributed by atoms with E-state index in [4.69, 9.17) is 10.5 Å². The molecule has 7 heteroatoms. The fourth-order valence-corrected chi connectivity index (χ4v) is 1.66. The van der Waals surface area contributed by atoms with Gasteiger partial charge >= 0.3 is 6.18 Å². The summed E-state index contributed by atoms with van der Waals surface area (Å²) in [6.45, 7) is 4.73. The lowest BCUT2D eigenvalue weighted by Crippen LogP contribution is -2.30. The van der Waals surface area contributed by atoms with Crippen LogP contribution in [-0.2, 0) is 17.5 Å². The molecule has 1 aromatic carbocycles. The van der Waals surface area contributed by atoms with Crippen molar-refractivity contribution in [3.8, 4) is 5.75 Å². The monoisotopic (exact) mass is 304 g/mol. The first-order chi connectivity index (χ1) is 9.53. The third-order valence-electron chi connectivity index (χ3n) is 2.47. The summed E-state index contributed by atoms with van der Waals surface area (Å²) in [6, 6.07) is 3.68. The zero-order valence-corrected chi connectivity index (χ0v) is 12.2. The van der Waals surface area contributed by atoms with Crippen LogP contribution in [0.3, 0.4) is 0 Å². The van der Waals surface area contributed by atoms with Crippen molar-refractivity contribution in [3.63, 3.8) is 0 Å². The van der Waals surface area contributed by atoms with Crippen LogP contribution >= 0.6 is 0 Å². The Bertz CT molecular complexity index is 508. The molecule has 1 amide bonds. The van der Waals surface area contributed by atoms with Gasteiger partial charge in [0.15, 0.2) is 0 Å². The Hall–Kier alpha value is -1.76. The van der Waals surface area contributed by atoms with Crippen LogP contribution < -0.4 is 15.8 Å². The Balaban J connectivity index is 3.06. The minimum Gasteiger partial charge on any atom is -0.488 e. The predicted octanol–water partition coefficient (Wildman–Crippen LogP) is 2.46. The first-order valence-electron chi connectivity index (χ1n) is 6.39. The van der Waals surface area contributed by atoms with Gasteiger partial charge < -0.3 is 15.8 Å². The molecule has 0 fully saturated rings. The van der Waals surface area contributed by atoms with Gasteiger partial charge in [-0.15, -0.1) is 0 Å². The number of ether oxygens (including phenoxy) is 1. The molecule has 4 nitrogen and oxygen atoms in total. The van der Waals surface area contributed by atoms with E-state index in [9.17, 15) is 18.0 Å². The van der Waals surface area contributed by atoms with Crippen molar-refractivity contribution in [2.45, 2.75) is 39.1 Å². The molecule has 118 valence electrons. The molecule has 0 bridgehead atoms. The van der Waals surface area contributed by atoms with Crippen LogP contribution in [0.15, 0.2) is 18.2 Å². The summed E-state index contributed by atoms with van der Waals surface area (Å²) in [5.74, 6) is -0.387. The highest BCUT2D eigenvalue weighted by molar-refractivity contribution is 5.77. The number of benzene rings is 1. The Morgan fingerprint density at radius 2 is 1.90 bits per heavy atom. The molecule has 3 N–H and O–H groups in total. The van der Waals surface area contributed by atoms with E-state index in [-0.39, 0.29) is 24.4 Å². The average Bonchev–Trinajstić information content (AvgIpc) is 2.33. The second kappa shape index (κ2) is 6.34. The van der Waals surface area contributed by atoms with Crippen molar-refractivity contribution < 1.29 is 22.7 Å². The Morgan fingerprint density at radius 1 is 1.29 bits per heavy atom. The molecule has 0 spiro atoms. The summed E-state index contributed by atoms with van der Waals surface area (Å²) in [4.78, 5) is 11.1.